The zero-order valence-electron chi connectivity index (χ0n) is 20.6. The van der Waals surface area contributed by atoms with E-state index in [0.717, 1.165) is 10.4 Å². The van der Waals surface area contributed by atoms with Gasteiger partial charge in [0.25, 0.3) is 11.6 Å². The van der Waals surface area contributed by atoms with Crippen LogP contribution in [-0.2, 0) is 17.9 Å². The maximum Gasteiger partial charge on any atom is 0.273 e. The maximum absolute atomic E-state index is 13.6. The number of nitro groups is 1. The molecule has 1 aromatic heterocycles. The number of rotatable bonds is 10. The highest BCUT2D eigenvalue weighted by atomic mass is 32.1. The number of amides is 2. The predicted octanol–water partition coefficient (Wildman–Crippen LogP) is 5.74. The molecule has 184 valence electrons. The number of nitro benzene ring substituents is 1. The summed E-state index contributed by atoms with van der Waals surface area (Å²) in [6.45, 7) is 8.27. The van der Waals surface area contributed by atoms with E-state index in [1.54, 1.807) is 35.3 Å². The first-order chi connectivity index (χ1) is 16.7. The molecule has 8 heteroatoms. The third kappa shape index (κ3) is 6.76. The summed E-state index contributed by atoms with van der Waals surface area (Å²) in [5.41, 5.74) is 1.59. The molecular weight excluding hydrogens is 462 g/mol. The smallest absolute Gasteiger partial charge is 0.273 e. The molecule has 3 rings (SSSR count). The Morgan fingerprint density at radius 1 is 1.03 bits per heavy atom. The van der Waals surface area contributed by atoms with Crippen LogP contribution in [0.4, 0.5) is 5.69 Å². The summed E-state index contributed by atoms with van der Waals surface area (Å²) in [6.07, 6.45) is 0.649. The molecule has 0 aliphatic carbocycles. The van der Waals surface area contributed by atoms with Crippen LogP contribution in [0.15, 0.2) is 60.7 Å². The first kappa shape index (κ1) is 26.1. The van der Waals surface area contributed by atoms with Gasteiger partial charge in [-0.15, -0.1) is 11.3 Å². The average molecular weight is 494 g/mol. The zero-order valence-corrected chi connectivity index (χ0v) is 21.4. The molecule has 0 N–H and O–H groups in total. The Labute approximate surface area is 210 Å². The van der Waals surface area contributed by atoms with E-state index in [-0.39, 0.29) is 35.7 Å². The van der Waals surface area contributed by atoms with Crippen molar-refractivity contribution in [3.8, 4) is 0 Å². The molecule has 0 bridgehead atoms. The van der Waals surface area contributed by atoms with Crippen LogP contribution in [0.3, 0.4) is 0 Å². The standard InChI is InChI=1S/C27H31N3O4S/c1-5-20(3)29(27(32)23-13-11-19(2)25(15-23)30(33)34)18-26(31)28(16-22-9-7-6-8-10-22)17-24-14-12-21(4)35-24/h6-15,20H,5,16-18H2,1-4H3. The molecule has 3 aromatic rings. The van der Waals surface area contributed by atoms with Gasteiger partial charge in [0.05, 0.1) is 11.5 Å². The minimum Gasteiger partial charge on any atom is -0.332 e. The van der Waals surface area contributed by atoms with E-state index in [2.05, 4.69) is 0 Å². The van der Waals surface area contributed by atoms with Gasteiger partial charge >= 0.3 is 0 Å². The number of aryl methyl sites for hydroxylation is 2. The number of benzene rings is 2. The predicted molar refractivity (Wildman–Crippen MR) is 138 cm³/mol. The van der Waals surface area contributed by atoms with Gasteiger partial charge in [0.15, 0.2) is 0 Å². The van der Waals surface area contributed by atoms with Crippen LogP contribution in [0.5, 0.6) is 0 Å². The van der Waals surface area contributed by atoms with Gasteiger partial charge in [-0.05, 0) is 51.0 Å². The normalized spacial score (nSPS) is 11.7. The van der Waals surface area contributed by atoms with Crippen molar-refractivity contribution >= 4 is 28.8 Å². The molecule has 2 aromatic carbocycles. The molecule has 2 amide bonds. The van der Waals surface area contributed by atoms with Crippen LogP contribution in [0.1, 0.15) is 51.5 Å². The van der Waals surface area contributed by atoms with Crippen molar-refractivity contribution in [2.24, 2.45) is 0 Å². The molecular formula is C27H31N3O4S. The Kier molecular flexibility index (Phi) is 8.76. The zero-order chi connectivity index (χ0) is 25.5. The van der Waals surface area contributed by atoms with Crippen molar-refractivity contribution in [2.75, 3.05) is 6.54 Å². The van der Waals surface area contributed by atoms with E-state index in [4.69, 9.17) is 0 Å². The largest absolute Gasteiger partial charge is 0.332 e. The van der Waals surface area contributed by atoms with E-state index in [9.17, 15) is 19.7 Å². The fourth-order valence-corrected chi connectivity index (χ4v) is 4.70. The lowest BCUT2D eigenvalue weighted by atomic mass is 10.1. The van der Waals surface area contributed by atoms with Gasteiger partial charge in [-0.3, -0.25) is 19.7 Å². The van der Waals surface area contributed by atoms with Gasteiger partial charge < -0.3 is 9.80 Å². The Morgan fingerprint density at radius 2 is 1.74 bits per heavy atom. The van der Waals surface area contributed by atoms with E-state index >= 15 is 0 Å². The van der Waals surface area contributed by atoms with Crippen molar-refractivity contribution in [3.05, 3.63) is 97.2 Å². The summed E-state index contributed by atoms with van der Waals surface area (Å²) in [5.74, 6) is -0.558. The summed E-state index contributed by atoms with van der Waals surface area (Å²) in [6, 6.07) is 18.1. The van der Waals surface area contributed by atoms with Crippen molar-refractivity contribution in [1.29, 1.82) is 0 Å². The molecule has 0 aliphatic rings. The molecule has 35 heavy (non-hydrogen) atoms. The van der Waals surface area contributed by atoms with Crippen LogP contribution in [-0.4, -0.2) is 39.1 Å². The number of carbonyl (C=O) groups excluding carboxylic acids is 2. The van der Waals surface area contributed by atoms with Crippen LogP contribution >= 0.6 is 11.3 Å². The number of carbonyl (C=O) groups is 2. The molecule has 0 fully saturated rings. The van der Waals surface area contributed by atoms with Gasteiger partial charge in [-0.1, -0.05) is 43.3 Å². The molecule has 1 unspecified atom stereocenters. The molecule has 1 atom stereocenters. The SMILES string of the molecule is CCC(C)N(CC(=O)N(Cc1ccccc1)Cc1ccc(C)s1)C(=O)c1ccc(C)c([N+](=O)[O-])c1. The van der Waals surface area contributed by atoms with Gasteiger partial charge in [0, 0.05) is 39.5 Å². The van der Waals surface area contributed by atoms with Gasteiger partial charge in [0.1, 0.15) is 6.54 Å². The number of thiophene rings is 1. The minimum absolute atomic E-state index is 0.104. The molecule has 0 spiro atoms. The first-order valence-electron chi connectivity index (χ1n) is 11.6. The van der Waals surface area contributed by atoms with E-state index in [1.807, 2.05) is 63.2 Å². The van der Waals surface area contributed by atoms with Crippen molar-refractivity contribution in [3.63, 3.8) is 0 Å². The summed E-state index contributed by atoms with van der Waals surface area (Å²) < 4.78 is 0. The molecule has 0 radical (unpaired) electrons. The average Bonchev–Trinajstić information content (AvgIpc) is 3.26. The highest BCUT2D eigenvalue weighted by molar-refractivity contribution is 7.11. The number of hydrogen-bond acceptors (Lipinski definition) is 5. The minimum atomic E-state index is -0.491. The van der Waals surface area contributed by atoms with Crippen LogP contribution < -0.4 is 0 Å². The van der Waals surface area contributed by atoms with Gasteiger partial charge in [-0.2, -0.15) is 0 Å². The molecule has 7 nitrogen and oxygen atoms in total. The maximum atomic E-state index is 13.6. The molecule has 0 saturated heterocycles. The second kappa shape index (κ2) is 11.8. The first-order valence-corrected chi connectivity index (χ1v) is 12.4. The van der Waals surface area contributed by atoms with Crippen LogP contribution in [0.2, 0.25) is 0 Å². The Morgan fingerprint density at radius 3 is 2.34 bits per heavy atom. The fraction of sp³-hybridized carbons (Fsp3) is 0.333. The molecule has 1 heterocycles. The van der Waals surface area contributed by atoms with E-state index < -0.39 is 4.92 Å². The van der Waals surface area contributed by atoms with Crippen LogP contribution in [0, 0.1) is 24.0 Å². The van der Waals surface area contributed by atoms with Gasteiger partial charge in [-0.25, -0.2) is 0 Å². The third-order valence-electron chi connectivity index (χ3n) is 6.05. The monoisotopic (exact) mass is 493 g/mol. The number of nitrogens with zero attached hydrogens (tertiary/aromatic N) is 3. The lowest BCUT2D eigenvalue weighted by Gasteiger charge is -2.31. The van der Waals surface area contributed by atoms with Crippen molar-refractivity contribution in [1.82, 2.24) is 9.80 Å². The molecule has 0 aliphatic heterocycles. The van der Waals surface area contributed by atoms with Gasteiger partial charge in [0.2, 0.25) is 5.91 Å². The third-order valence-corrected chi connectivity index (χ3v) is 7.04. The second-order valence-electron chi connectivity index (χ2n) is 8.70. The summed E-state index contributed by atoms with van der Waals surface area (Å²) in [5, 5.41) is 11.4. The van der Waals surface area contributed by atoms with Crippen LogP contribution in [0.25, 0.3) is 0 Å². The Bertz CT molecular complexity index is 1190. The Hall–Kier alpha value is -3.52. The highest BCUT2D eigenvalue weighted by Crippen LogP contribution is 2.23. The quantitative estimate of drug-likeness (QED) is 0.266. The molecule has 0 saturated carbocycles. The second-order valence-corrected chi connectivity index (χ2v) is 10.1. The Balaban J connectivity index is 1.87. The summed E-state index contributed by atoms with van der Waals surface area (Å²) in [7, 11) is 0. The summed E-state index contributed by atoms with van der Waals surface area (Å²) >= 11 is 1.64. The fourth-order valence-electron chi connectivity index (χ4n) is 3.79. The number of hydrogen-bond donors (Lipinski definition) is 0. The van der Waals surface area contributed by atoms with E-state index in [0.29, 0.717) is 25.1 Å². The lowest BCUT2D eigenvalue weighted by molar-refractivity contribution is -0.385. The van der Waals surface area contributed by atoms with Crippen molar-refractivity contribution < 1.29 is 14.5 Å². The van der Waals surface area contributed by atoms with E-state index in [1.165, 1.54) is 15.8 Å². The lowest BCUT2D eigenvalue weighted by Crippen LogP contribution is -2.46. The topological polar surface area (TPSA) is 83.8 Å². The summed E-state index contributed by atoms with van der Waals surface area (Å²) in [4.78, 5) is 43.5. The highest BCUT2D eigenvalue weighted by Gasteiger charge is 2.27. The van der Waals surface area contributed by atoms with Crippen molar-refractivity contribution in [2.45, 2.75) is 53.2 Å².